The van der Waals surface area contributed by atoms with Crippen molar-refractivity contribution >= 4 is 56.1 Å². The molecule has 4 nitrogen and oxygen atoms in total. The maximum atomic E-state index is 12.8. The molecule has 5 rings (SSSR count). The van der Waals surface area contributed by atoms with Crippen LogP contribution in [0.15, 0.2) is 72.4 Å². The van der Waals surface area contributed by atoms with Gasteiger partial charge in [-0.3, -0.25) is 14.8 Å². The van der Waals surface area contributed by atoms with Crippen LogP contribution in [-0.4, -0.2) is 15.9 Å². The van der Waals surface area contributed by atoms with E-state index in [0.29, 0.717) is 4.88 Å². The number of rotatable bonds is 3. The number of aromatic nitrogens is 2. The smallest absolute Gasteiger partial charge is 0.265 e. The van der Waals surface area contributed by atoms with Crippen molar-refractivity contribution in [2.75, 3.05) is 5.32 Å². The van der Waals surface area contributed by atoms with E-state index in [-0.39, 0.29) is 5.91 Å². The summed E-state index contributed by atoms with van der Waals surface area (Å²) in [6.45, 7) is 0. The molecule has 0 saturated carbocycles. The van der Waals surface area contributed by atoms with Crippen molar-refractivity contribution in [1.82, 2.24) is 9.97 Å². The van der Waals surface area contributed by atoms with Crippen LogP contribution in [-0.2, 0) is 0 Å². The molecule has 6 heteroatoms. The number of nitrogens with zero attached hydrogens (tertiary/aromatic N) is 2. The lowest BCUT2D eigenvalue weighted by atomic mass is 10.1. The highest BCUT2D eigenvalue weighted by atomic mass is 32.1. The SMILES string of the molecule is O=C(Nc1cc2cccnc2c2ncccc12)c1ccc(-c2cccs2)s1. The van der Waals surface area contributed by atoms with Crippen LogP contribution in [0.25, 0.3) is 31.6 Å². The van der Waals surface area contributed by atoms with Crippen molar-refractivity contribution in [3.8, 4) is 9.75 Å². The predicted molar refractivity (Wildman–Crippen MR) is 113 cm³/mol. The summed E-state index contributed by atoms with van der Waals surface area (Å²) in [5, 5.41) is 6.93. The number of pyridine rings is 2. The molecule has 5 aromatic rings. The van der Waals surface area contributed by atoms with E-state index in [9.17, 15) is 4.79 Å². The van der Waals surface area contributed by atoms with Crippen LogP contribution in [0.2, 0.25) is 0 Å². The van der Waals surface area contributed by atoms with Crippen molar-refractivity contribution < 1.29 is 4.79 Å². The highest BCUT2D eigenvalue weighted by Gasteiger charge is 2.14. The topological polar surface area (TPSA) is 54.9 Å². The van der Waals surface area contributed by atoms with Gasteiger partial charge in [0.15, 0.2) is 0 Å². The number of amides is 1. The molecular weight excluding hydrogens is 374 g/mol. The summed E-state index contributed by atoms with van der Waals surface area (Å²) in [5.41, 5.74) is 2.37. The fraction of sp³-hybridized carbons (Fsp3) is 0. The van der Waals surface area contributed by atoms with Crippen molar-refractivity contribution in [2.24, 2.45) is 0 Å². The molecule has 1 amide bonds. The zero-order valence-corrected chi connectivity index (χ0v) is 15.7. The summed E-state index contributed by atoms with van der Waals surface area (Å²) in [7, 11) is 0. The van der Waals surface area contributed by atoms with Gasteiger partial charge in [0.2, 0.25) is 0 Å². The van der Waals surface area contributed by atoms with E-state index in [1.165, 1.54) is 16.2 Å². The molecular formula is C21H13N3OS2. The van der Waals surface area contributed by atoms with E-state index < -0.39 is 0 Å². The standard InChI is InChI=1S/C21H13N3OS2/c25-21(18-8-7-17(27-18)16-6-3-11-26-16)24-15-12-13-4-1-9-22-19(13)20-14(15)5-2-10-23-20/h1-12H,(H,24,25). The first-order valence-corrected chi connectivity index (χ1v) is 10.1. The number of carbonyl (C=O) groups excluding carboxylic acids is 1. The predicted octanol–water partition coefficient (Wildman–Crippen LogP) is 5.83. The van der Waals surface area contributed by atoms with E-state index in [2.05, 4.69) is 21.4 Å². The fourth-order valence-corrected chi connectivity index (χ4v) is 4.81. The highest BCUT2D eigenvalue weighted by molar-refractivity contribution is 7.22. The minimum atomic E-state index is -0.115. The Morgan fingerprint density at radius 1 is 0.889 bits per heavy atom. The monoisotopic (exact) mass is 387 g/mol. The van der Waals surface area contributed by atoms with Gasteiger partial charge in [-0.05, 0) is 47.8 Å². The van der Waals surface area contributed by atoms with Gasteiger partial charge >= 0.3 is 0 Å². The molecule has 1 N–H and O–H groups in total. The Morgan fingerprint density at radius 2 is 1.74 bits per heavy atom. The van der Waals surface area contributed by atoms with Gasteiger partial charge in [0.25, 0.3) is 5.91 Å². The first kappa shape index (κ1) is 16.1. The second-order valence-electron chi connectivity index (χ2n) is 5.99. The molecule has 0 aliphatic heterocycles. The Labute approximate surface area is 163 Å². The first-order chi connectivity index (χ1) is 13.3. The molecule has 0 radical (unpaired) electrons. The summed E-state index contributed by atoms with van der Waals surface area (Å²) in [6.07, 6.45) is 3.50. The molecule has 1 aromatic carbocycles. The van der Waals surface area contributed by atoms with Crippen LogP contribution in [0.1, 0.15) is 9.67 Å². The molecule has 0 fully saturated rings. The van der Waals surface area contributed by atoms with E-state index in [4.69, 9.17) is 0 Å². The number of fused-ring (bicyclic) bond motifs is 3. The number of carbonyl (C=O) groups is 1. The van der Waals surface area contributed by atoms with Crippen LogP contribution in [0.5, 0.6) is 0 Å². The molecule has 0 atom stereocenters. The lowest BCUT2D eigenvalue weighted by Crippen LogP contribution is -2.10. The highest BCUT2D eigenvalue weighted by Crippen LogP contribution is 2.33. The maximum absolute atomic E-state index is 12.8. The quantitative estimate of drug-likeness (QED) is 0.397. The zero-order valence-electron chi connectivity index (χ0n) is 14.0. The Hall–Kier alpha value is -3.09. The van der Waals surface area contributed by atoms with Gasteiger partial charge in [-0.2, -0.15) is 0 Å². The Balaban J connectivity index is 1.55. The van der Waals surface area contributed by atoms with Gasteiger partial charge in [0.1, 0.15) is 0 Å². The third-order valence-electron chi connectivity index (χ3n) is 4.30. The van der Waals surface area contributed by atoms with Crippen LogP contribution in [0.3, 0.4) is 0 Å². The van der Waals surface area contributed by atoms with Gasteiger partial charge in [-0.1, -0.05) is 12.1 Å². The molecule has 0 bridgehead atoms. The van der Waals surface area contributed by atoms with Gasteiger partial charge in [0, 0.05) is 32.9 Å². The van der Waals surface area contributed by atoms with Gasteiger partial charge in [-0.25, -0.2) is 0 Å². The maximum Gasteiger partial charge on any atom is 0.265 e. The van der Waals surface area contributed by atoms with Crippen molar-refractivity contribution in [3.63, 3.8) is 0 Å². The van der Waals surface area contributed by atoms with Crippen molar-refractivity contribution in [3.05, 3.63) is 77.2 Å². The number of nitrogens with one attached hydrogen (secondary N) is 1. The van der Waals surface area contributed by atoms with E-state index in [0.717, 1.165) is 32.4 Å². The summed E-state index contributed by atoms with van der Waals surface area (Å²) < 4.78 is 0. The number of benzene rings is 1. The average molecular weight is 387 g/mol. The molecule has 4 heterocycles. The summed E-state index contributed by atoms with van der Waals surface area (Å²) in [6, 6.07) is 17.6. The van der Waals surface area contributed by atoms with Crippen molar-refractivity contribution in [2.45, 2.75) is 0 Å². The Bertz CT molecular complexity index is 1280. The minimum absolute atomic E-state index is 0.115. The number of hydrogen-bond donors (Lipinski definition) is 1. The molecule has 0 unspecified atom stereocenters. The molecule has 0 aliphatic rings. The average Bonchev–Trinajstić information content (AvgIpc) is 3.40. The fourth-order valence-electron chi connectivity index (χ4n) is 3.08. The summed E-state index contributed by atoms with van der Waals surface area (Å²) >= 11 is 3.17. The van der Waals surface area contributed by atoms with Gasteiger partial charge in [0.05, 0.1) is 21.6 Å². The Kier molecular flexibility index (Phi) is 3.92. The second-order valence-corrected chi connectivity index (χ2v) is 8.03. The molecule has 4 aromatic heterocycles. The van der Waals surface area contributed by atoms with E-state index in [1.807, 2.05) is 53.9 Å². The first-order valence-electron chi connectivity index (χ1n) is 8.37. The van der Waals surface area contributed by atoms with E-state index >= 15 is 0 Å². The normalized spacial score (nSPS) is 11.1. The van der Waals surface area contributed by atoms with Crippen LogP contribution >= 0.6 is 22.7 Å². The lowest BCUT2D eigenvalue weighted by molar-refractivity contribution is 0.103. The van der Waals surface area contributed by atoms with E-state index in [1.54, 1.807) is 23.7 Å². The number of hydrogen-bond acceptors (Lipinski definition) is 5. The largest absolute Gasteiger partial charge is 0.321 e. The Morgan fingerprint density at radius 3 is 2.59 bits per heavy atom. The molecule has 27 heavy (non-hydrogen) atoms. The van der Waals surface area contributed by atoms with Crippen LogP contribution in [0, 0.1) is 0 Å². The van der Waals surface area contributed by atoms with Crippen LogP contribution in [0.4, 0.5) is 5.69 Å². The molecule has 0 saturated heterocycles. The van der Waals surface area contributed by atoms with Crippen molar-refractivity contribution in [1.29, 1.82) is 0 Å². The third kappa shape index (κ3) is 2.89. The summed E-state index contributed by atoms with van der Waals surface area (Å²) in [5.74, 6) is -0.115. The number of thiophene rings is 2. The third-order valence-corrected chi connectivity index (χ3v) is 6.45. The molecule has 130 valence electrons. The summed E-state index contributed by atoms with van der Waals surface area (Å²) in [4.78, 5) is 24.7. The number of anilines is 1. The minimum Gasteiger partial charge on any atom is -0.321 e. The molecule has 0 spiro atoms. The van der Waals surface area contributed by atoms with Gasteiger partial charge < -0.3 is 5.32 Å². The molecule has 0 aliphatic carbocycles. The van der Waals surface area contributed by atoms with Gasteiger partial charge in [-0.15, -0.1) is 22.7 Å². The second kappa shape index (κ2) is 6.57. The lowest BCUT2D eigenvalue weighted by Gasteiger charge is -2.10. The zero-order chi connectivity index (χ0) is 18.2. The van der Waals surface area contributed by atoms with Crippen LogP contribution < -0.4 is 5.32 Å².